The van der Waals surface area contributed by atoms with E-state index in [4.69, 9.17) is 5.73 Å². The Labute approximate surface area is 150 Å². The summed E-state index contributed by atoms with van der Waals surface area (Å²) in [4.78, 5) is 16.8. The summed E-state index contributed by atoms with van der Waals surface area (Å²) in [5.74, 6) is -1.77. The van der Waals surface area contributed by atoms with Crippen molar-refractivity contribution >= 4 is 33.8 Å². The molecular formula is C17H12F3N3O2S. The van der Waals surface area contributed by atoms with Crippen LogP contribution in [0, 0.1) is 5.82 Å². The first-order valence-electron chi connectivity index (χ1n) is 7.31. The summed E-state index contributed by atoms with van der Waals surface area (Å²) < 4.78 is 42.2. The normalized spacial score (nSPS) is 10.8. The van der Waals surface area contributed by atoms with Gasteiger partial charge in [-0.2, -0.15) is 8.78 Å². The summed E-state index contributed by atoms with van der Waals surface area (Å²) in [5, 5.41) is 3.06. The van der Waals surface area contributed by atoms with E-state index in [0.717, 1.165) is 23.5 Å². The summed E-state index contributed by atoms with van der Waals surface area (Å²) in [6, 6.07) is 11.9. The number of hydrogen-bond acceptors (Lipinski definition) is 6. The number of benzene rings is 2. The number of thiazole rings is 1. The molecule has 0 amide bonds. The molecule has 0 aliphatic heterocycles. The van der Waals surface area contributed by atoms with E-state index in [1.54, 1.807) is 30.3 Å². The summed E-state index contributed by atoms with van der Waals surface area (Å²) in [6.07, 6.45) is 0. The van der Waals surface area contributed by atoms with Crippen LogP contribution in [0.2, 0.25) is 0 Å². The van der Waals surface area contributed by atoms with Crippen LogP contribution in [0.1, 0.15) is 15.2 Å². The molecule has 0 fully saturated rings. The fourth-order valence-corrected chi connectivity index (χ4v) is 3.03. The maximum Gasteiger partial charge on any atom is 0.387 e. The van der Waals surface area contributed by atoms with Crippen molar-refractivity contribution < 1.29 is 22.7 Å². The van der Waals surface area contributed by atoms with Crippen LogP contribution in [-0.4, -0.2) is 17.4 Å². The van der Waals surface area contributed by atoms with E-state index in [0.29, 0.717) is 5.56 Å². The van der Waals surface area contributed by atoms with Crippen LogP contribution in [0.4, 0.5) is 29.8 Å². The lowest BCUT2D eigenvalue weighted by Crippen LogP contribution is -2.04. The van der Waals surface area contributed by atoms with Gasteiger partial charge in [0.05, 0.1) is 0 Å². The maximum absolute atomic E-state index is 13.5. The smallest absolute Gasteiger partial charge is 0.387 e. The van der Waals surface area contributed by atoms with Gasteiger partial charge in [0, 0.05) is 17.3 Å². The van der Waals surface area contributed by atoms with E-state index in [2.05, 4.69) is 15.0 Å². The number of nitrogens with one attached hydrogen (secondary N) is 1. The second-order valence-electron chi connectivity index (χ2n) is 5.08. The molecule has 9 heteroatoms. The van der Waals surface area contributed by atoms with Crippen LogP contribution in [0.25, 0.3) is 0 Å². The lowest BCUT2D eigenvalue weighted by molar-refractivity contribution is -0.0521. The molecule has 3 rings (SSSR count). The minimum atomic E-state index is -3.15. The number of halogens is 3. The van der Waals surface area contributed by atoms with Gasteiger partial charge in [-0.3, -0.25) is 4.79 Å². The van der Waals surface area contributed by atoms with Crippen molar-refractivity contribution in [1.29, 1.82) is 0 Å². The molecule has 1 heterocycles. The molecule has 3 N–H and O–H groups in total. The zero-order valence-corrected chi connectivity index (χ0v) is 13.9. The van der Waals surface area contributed by atoms with Crippen molar-refractivity contribution in [2.24, 2.45) is 0 Å². The highest BCUT2D eigenvalue weighted by Crippen LogP contribution is 2.31. The average molecular weight is 379 g/mol. The van der Waals surface area contributed by atoms with E-state index >= 15 is 0 Å². The van der Waals surface area contributed by atoms with Crippen molar-refractivity contribution in [3.05, 3.63) is 64.8 Å². The van der Waals surface area contributed by atoms with Gasteiger partial charge in [-0.05, 0) is 12.1 Å². The fraction of sp³-hybridized carbons (Fsp3) is 0.0588. The molecule has 1 aromatic heterocycles. The number of nitrogens with zero attached hydrogens (tertiary/aromatic N) is 1. The molecule has 0 saturated heterocycles. The minimum absolute atomic E-state index is 0.0394. The number of hydrogen-bond donors (Lipinski definition) is 2. The lowest BCUT2D eigenvalue weighted by Gasteiger charge is -2.08. The van der Waals surface area contributed by atoms with E-state index in [1.807, 2.05) is 0 Å². The van der Waals surface area contributed by atoms with E-state index in [1.165, 1.54) is 6.07 Å². The molecule has 0 aliphatic rings. The molecular weight excluding hydrogens is 367 g/mol. The molecule has 134 valence electrons. The van der Waals surface area contributed by atoms with Gasteiger partial charge in [0.1, 0.15) is 10.7 Å². The van der Waals surface area contributed by atoms with Gasteiger partial charge in [0.25, 0.3) is 0 Å². The molecule has 0 aliphatic carbocycles. The fourth-order valence-electron chi connectivity index (χ4n) is 2.16. The van der Waals surface area contributed by atoms with E-state index in [-0.39, 0.29) is 27.3 Å². The first-order valence-corrected chi connectivity index (χ1v) is 8.13. The van der Waals surface area contributed by atoms with Gasteiger partial charge in [-0.15, -0.1) is 0 Å². The summed E-state index contributed by atoms with van der Waals surface area (Å²) in [5.41, 5.74) is 6.53. The largest absolute Gasteiger partial charge is 0.432 e. The molecule has 2 aromatic carbocycles. The van der Waals surface area contributed by atoms with Crippen LogP contribution in [-0.2, 0) is 0 Å². The zero-order valence-electron chi connectivity index (χ0n) is 13.1. The number of aromatic nitrogens is 1. The summed E-state index contributed by atoms with van der Waals surface area (Å²) in [6.45, 7) is -3.15. The van der Waals surface area contributed by atoms with Crippen LogP contribution in [0.5, 0.6) is 5.75 Å². The molecule has 0 bridgehead atoms. The Kier molecular flexibility index (Phi) is 5.08. The molecule has 0 unspecified atom stereocenters. The Hall–Kier alpha value is -3.07. The van der Waals surface area contributed by atoms with Gasteiger partial charge < -0.3 is 15.8 Å². The van der Waals surface area contributed by atoms with Crippen molar-refractivity contribution in [2.75, 3.05) is 11.1 Å². The number of ether oxygens (including phenoxy) is 1. The number of alkyl halides is 2. The second-order valence-corrected chi connectivity index (χ2v) is 6.08. The van der Waals surface area contributed by atoms with Gasteiger partial charge in [0.2, 0.25) is 5.78 Å². The Balaban J connectivity index is 1.83. The summed E-state index contributed by atoms with van der Waals surface area (Å²) >= 11 is 1.00. The highest BCUT2D eigenvalue weighted by Gasteiger charge is 2.18. The van der Waals surface area contributed by atoms with Crippen LogP contribution < -0.4 is 15.8 Å². The Morgan fingerprint density at radius 3 is 2.62 bits per heavy atom. The van der Waals surface area contributed by atoms with E-state index < -0.39 is 18.2 Å². The Morgan fingerprint density at radius 1 is 1.19 bits per heavy atom. The minimum Gasteiger partial charge on any atom is -0.432 e. The monoisotopic (exact) mass is 379 g/mol. The van der Waals surface area contributed by atoms with Crippen molar-refractivity contribution in [3.8, 4) is 5.75 Å². The van der Waals surface area contributed by atoms with Crippen molar-refractivity contribution in [2.45, 2.75) is 6.61 Å². The lowest BCUT2D eigenvalue weighted by atomic mass is 10.1. The number of carbonyl (C=O) groups is 1. The molecule has 26 heavy (non-hydrogen) atoms. The number of nitrogens with two attached hydrogens (primary N) is 1. The SMILES string of the molecule is Nc1nc(Nc2ccc(F)c(OC(F)F)c2)sc1C(=O)c1ccccc1. The van der Waals surface area contributed by atoms with Gasteiger partial charge in [-0.1, -0.05) is 41.7 Å². The van der Waals surface area contributed by atoms with Crippen LogP contribution in [0.3, 0.4) is 0 Å². The topological polar surface area (TPSA) is 77.2 Å². The predicted molar refractivity (Wildman–Crippen MR) is 92.7 cm³/mol. The highest BCUT2D eigenvalue weighted by molar-refractivity contribution is 7.18. The first kappa shape index (κ1) is 17.7. The van der Waals surface area contributed by atoms with Crippen molar-refractivity contribution in [3.63, 3.8) is 0 Å². The number of ketones is 1. The van der Waals surface area contributed by atoms with Crippen molar-refractivity contribution in [1.82, 2.24) is 4.98 Å². The molecule has 0 spiro atoms. The van der Waals surface area contributed by atoms with Crippen LogP contribution >= 0.6 is 11.3 Å². The quantitative estimate of drug-likeness (QED) is 0.619. The second kappa shape index (κ2) is 7.44. The maximum atomic E-state index is 13.5. The third-order valence-electron chi connectivity index (χ3n) is 3.29. The zero-order chi connectivity index (χ0) is 18.7. The molecule has 5 nitrogen and oxygen atoms in total. The predicted octanol–water partition coefficient (Wildman–Crippen LogP) is 4.44. The highest BCUT2D eigenvalue weighted by atomic mass is 32.1. The third-order valence-corrected chi connectivity index (χ3v) is 4.28. The number of anilines is 3. The molecule has 0 saturated carbocycles. The molecule has 0 atom stereocenters. The standard InChI is InChI=1S/C17H12F3N3O2S/c18-11-7-6-10(8-12(11)25-16(19)20)22-17-23-15(21)14(26-17)13(24)9-4-2-1-3-5-9/h1-8,16H,21H2,(H,22,23). The van der Waals surface area contributed by atoms with E-state index in [9.17, 15) is 18.0 Å². The average Bonchev–Trinajstić information content (AvgIpc) is 2.98. The van der Waals surface area contributed by atoms with Gasteiger partial charge >= 0.3 is 6.61 Å². The number of carbonyl (C=O) groups excluding carboxylic acids is 1. The first-order chi connectivity index (χ1) is 12.4. The summed E-state index contributed by atoms with van der Waals surface area (Å²) in [7, 11) is 0. The Bertz CT molecular complexity index is 932. The van der Waals surface area contributed by atoms with Gasteiger partial charge in [0.15, 0.2) is 16.7 Å². The molecule has 0 radical (unpaired) electrons. The van der Waals surface area contributed by atoms with Crippen LogP contribution in [0.15, 0.2) is 48.5 Å². The Morgan fingerprint density at radius 2 is 1.92 bits per heavy atom. The number of rotatable bonds is 6. The van der Waals surface area contributed by atoms with Gasteiger partial charge in [-0.25, -0.2) is 9.37 Å². The third kappa shape index (κ3) is 3.94. The molecule has 3 aromatic rings. The number of nitrogen functional groups attached to an aromatic ring is 1.